The maximum atomic E-state index is 13.1. The molecule has 1 aromatic carbocycles. The maximum absolute atomic E-state index is 13.1. The van der Waals surface area contributed by atoms with Crippen molar-refractivity contribution in [3.05, 3.63) is 66.6 Å². The number of para-hydroxylation sites is 1. The molecule has 3 aromatic rings. The number of benzene rings is 1. The molecule has 2 aromatic heterocycles. The fourth-order valence-corrected chi connectivity index (χ4v) is 4.30. The SMILES string of the molecule is C=C1CCCC(CC)(CNC(=O)c2cn(-c3ncccn3)c3ccccc23)C1. The van der Waals surface area contributed by atoms with Gasteiger partial charge in [0.2, 0.25) is 5.95 Å². The van der Waals surface area contributed by atoms with E-state index in [2.05, 4.69) is 28.8 Å². The minimum absolute atomic E-state index is 0.0464. The van der Waals surface area contributed by atoms with Gasteiger partial charge < -0.3 is 5.32 Å². The Morgan fingerprint density at radius 1 is 1.25 bits per heavy atom. The minimum Gasteiger partial charge on any atom is -0.351 e. The molecular formula is C23H26N4O. The van der Waals surface area contributed by atoms with E-state index in [-0.39, 0.29) is 11.3 Å². The van der Waals surface area contributed by atoms with Crippen LogP contribution in [0, 0.1) is 5.41 Å². The summed E-state index contributed by atoms with van der Waals surface area (Å²) in [6.45, 7) is 7.09. The second-order valence-corrected chi connectivity index (χ2v) is 7.80. The zero-order valence-corrected chi connectivity index (χ0v) is 16.3. The van der Waals surface area contributed by atoms with Crippen molar-refractivity contribution in [2.75, 3.05) is 6.54 Å². The number of nitrogens with zero attached hydrogens (tertiary/aromatic N) is 3. The number of rotatable bonds is 5. The highest BCUT2D eigenvalue weighted by atomic mass is 16.1. The van der Waals surface area contributed by atoms with Crippen molar-refractivity contribution in [2.24, 2.45) is 5.41 Å². The van der Waals surface area contributed by atoms with Crippen molar-refractivity contribution < 1.29 is 4.79 Å². The highest BCUT2D eigenvalue weighted by molar-refractivity contribution is 6.07. The van der Waals surface area contributed by atoms with Crippen LogP contribution in [0.4, 0.5) is 0 Å². The zero-order chi connectivity index (χ0) is 19.6. The number of fused-ring (bicyclic) bond motifs is 1. The van der Waals surface area contributed by atoms with Crippen LogP contribution >= 0.6 is 0 Å². The van der Waals surface area contributed by atoms with Crippen LogP contribution in [0.2, 0.25) is 0 Å². The molecule has 0 bridgehead atoms. The number of hydrogen-bond donors (Lipinski definition) is 1. The average molecular weight is 374 g/mol. The summed E-state index contributed by atoms with van der Waals surface area (Å²) >= 11 is 0. The normalized spacial score (nSPS) is 19.7. The predicted molar refractivity (Wildman–Crippen MR) is 112 cm³/mol. The third-order valence-corrected chi connectivity index (χ3v) is 5.96. The summed E-state index contributed by atoms with van der Waals surface area (Å²) in [5.74, 6) is 0.515. The van der Waals surface area contributed by atoms with Gasteiger partial charge in [-0.2, -0.15) is 0 Å². The predicted octanol–water partition coefficient (Wildman–Crippen LogP) is 4.68. The zero-order valence-electron chi connectivity index (χ0n) is 16.3. The van der Waals surface area contributed by atoms with E-state index in [1.807, 2.05) is 35.0 Å². The molecule has 0 spiro atoms. The summed E-state index contributed by atoms with van der Waals surface area (Å²) in [7, 11) is 0. The molecule has 1 aliphatic rings. The van der Waals surface area contributed by atoms with Gasteiger partial charge in [0, 0.05) is 30.5 Å². The van der Waals surface area contributed by atoms with E-state index in [4.69, 9.17) is 0 Å². The van der Waals surface area contributed by atoms with E-state index < -0.39 is 0 Å². The summed E-state index contributed by atoms with van der Waals surface area (Å²) in [5.41, 5.74) is 3.02. The molecule has 1 N–H and O–H groups in total. The molecular weight excluding hydrogens is 348 g/mol. The quantitative estimate of drug-likeness (QED) is 0.660. The van der Waals surface area contributed by atoms with Crippen LogP contribution in [0.25, 0.3) is 16.9 Å². The number of aromatic nitrogens is 3. The highest BCUT2D eigenvalue weighted by Gasteiger charge is 2.32. The fourth-order valence-electron chi connectivity index (χ4n) is 4.30. The van der Waals surface area contributed by atoms with Gasteiger partial charge in [-0.1, -0.05) is 37.3 Å². The van der Waals surface area contributed by atoms with Gasteiger partial charge in [0.25, 0.3) is 5.91 Å². The second-order valence-electron chi connectivity index (χ2n) is 7.80. The second kappa shape index (κ2) is 7.58. The third kappa shape index (κ3) is 3.44. The number of amides is 1. The van der Waals surface area contributed by atoms with Crippen molar-refractivity contribution in [3.8, 4) is 5.95 Å². The molecule has 1 saturated carbocycles. The van der Waals surface area contributed by atoms with Gasteiger partial charge in [-0.05, 0) is 49.7 Å². The molecule has 0 aliphatic heterocycles. The molecule has 5 nitrogen and oxygen atoms in total. The average Bonchev–Trinajstić information content (AvgIpc) is 3.13. The van der Waals surface area contributed by atoms with E-state index in [0.717, 1.165) is 43.0 Å². The first-order valence-corrected chi connectivity index (χ1v) is 9.94. The van der Waals surface area contributed by atoms with Gasteiger partial charge in [-0.15, -0.1) is 0 Å². The van der Waals surface area contributed by atoms with Crippen LogP contribution in [0.5, 0.6) is 0 Å². The first kappa shape index (κ1) is 18.4. The molecule has 5 heteroatoms. The Morgan fingerprint density at radius 2 is 2.04 bits per heavy atom. The van der Waals surface area contributed by atoms with Crippen LogP contribution in [0.1, 0.15) is 49.4 Å². The van der Waals surface area contributed by atoms with Gasteiger partial charge in [0.1, 0.15) is 0 Å². The van der Waals surface area contributed by atoms with E-state index in [1.54, 1.807) is 18.5 Å². The largest absolute Gasteiger partial charge is 0.351 e. The molecule has 28 heavy (non-hydrogen) atoms. The van der Waals surface area contributed by atoms with Gasteiger partial charge in [0.15, 0.2) is 0 Å². The van der Waals surface area contributed by atoms with Crippen LogP contribution < -0.4 is 5.32 Å². The Kier molecular flexibility index (Phi) is 4.99. The lowest BCUT2D eigenvalue weighted by Crippen LogP contribution is -2.39. The Labute approximate surface area is 165 Å². The van der Waals surface area contributed by atoms with Crippen LogP contribution in [0.3, 0.4) is 0 Å². The summed E-state index contributed by atoms with van der Waals surface area (Å²) in [5, 5.41) is 4.11. The molecule has 4 rings (SSSR count). The highest BCUT2D eigenvalue weighted by Crippen LogP contribution is 2.40. The molecule has 1 fully saturated rings. The monoisotopic (exact) mass is 374 g/mol. The van der Waals surface area contributed by atoms with Crippen LogP contribution in [-0.2, 0) is 0 Å². The molecule has 0 saturated heterocycles. The lowest BCUT2D eigenvalue weighted by Gasteiger charge is -2.37. The third-order valence-electron chi connectivity index (χ3n) is 5.96. The smallest absolute Gasteiger partial charge is 0.253 e. The fraction of sp³-hybridized carbons (Fsp3) is 0.348. The van der Waals surface area contributed by atoms with Crippen molar-refractivity contribution in [3.63, 3.8) is 0 Å². The first-order chi connectivity index (χ1) is 13.6. The molecule has 1 unspecified atom stereocenters. The van der Waals surface area contributed by atoms with Crippen molar-refractivity contribution in [2.45, 2.75) is 39.0 Å². The van der Waals surface area contributed by atoms with Crippen molar-refractivity contribution in [1.82, 2.24) is 19.9 Å². The standard InChI is InChI=1S/C23H26N4O/c1-3-23(11-6-8-17(2)14-23)16-26-21(28)19-15-27(22-24-12-7-13-25-22)20-10-5-4-9-18(19)20/h4-5,7,9-10,12-13,15H,2-3,6,8,11,14,16H2,1H3,(H,26,28). The summed E-state index contributed by atoms with van der Waals surface area (Å²) in [6, 6.07) is 9.66. The van der Waals surface area contributed by atoms with Crippen molar-refractivity contribution in [1.29, 1.82) is 0 Å². The number of allylic oxidation sites excluding steroid dienone is 1. The van der Waals surface area contributed by atoms with E-state index in [1.165, 1.54) is 5.57 Å². The Morgan fingerprint density at radius 3 is 2.79 bits per heavy atom. The van der Waals surface area contributed by atoms with E-state index in [0.29, 0.717) is 18.1 Å². The molecule has 1 aliphatic carbocycles. The van der Waals surface area contributed by atoms with Crippen LogP contribution in [-0.4, -0.2) is 27.0 Å². The topological polar surface area (TPSA) is 59.8 Å². The molecule has 144 valence electrons. The lowest BCUT2D eigenvalue weighted by molar-refractivity contribution is 0.0918. The van der Waals surface area contributed by atoms with Crippen molar-refractivity contribution >= 4 is 16.8 Å². The molecule has 0 radical (unpaired) electrons. The summed E-state index contributed by atoms with van der Waals surface area (Å²) < 4.78 is 1.88. The Balaban J connectivity index is 1.62. The molecule has 2 heterocycles. The number of hydrogen-bond acceptors (Lipinski definition) is 3. The number of carbonyl (C=O) groups excluding carboxylic acids is 1. The van der Waals surface area contributed by atoms with E-state index in [9.17, 15) is 4.79 Å². The van der Waals surface area contributed by atoms with E-state index >= 15 is 0 Å². The Hall–Kier alpha value is -2.95. The lowest BCUT2D eigenvalue weighted by atomic mass is 9.70. The van der Waals surface area contributed by atoms with Gasteiger partial charge >= 0.3 is 0 Å². The number of carbonyl (C=O) groups is 1. The first-order valence-electron chi connectivity index (χ1n) is 9.94. The molecule has 1 amide bonds. The molecule has 1 atom stereocenters. The summed E-state index contributed by atoms with van der Waals surface area (Å²) in [6.07, 6.45) is 10.7. The maximum Gasteiger partial charge on any atom is 0.253 e. The van der Waals surface area contributed by atoms with Gasteiger partial charge in [0.05, 0.1) is 11.1 Å². The van der Waals surface area contributed by atoms with Crippen LogP contribution in [0.15, 0.2) is 61.1 Å². The van der Waals surface area contributed by atoms with Gasteiger partial charge in [-0.3, -0.25) is 9.36 Å². The Bertz CT molecular complexity index is 1010. The minimum atomic E-state index is -0.0464. The number of nitrogens with one attached hydrogen (secondary N) is 1. The summed E-state index contributed by atoms with van der Waals surface area (Å²) in [4.78, 5) is 21.8. The van der Waals surface area contributed by atoms with Gasteiger partial charge in [-0.25, -0.2) is 9.97 Å².